The number of aliphatic imine (C=N–C) groups is 1. The molecule has 18 heavy (non-hydrogen) atoms. The lowest BCUT2D eigenvalue weighted by atomic mass is 9.95. The summed E-state index contributed by atoms with van der Waals surface area (Å²) in [6, 6.07) is 5.07. The Kier molecular flexibility index (Phi) is 1.94. The van der Waals surface area contributed by atoms with E-state index in [1.807, 2.05) is 6.07 Å². The van der Waals surface area contributed by atoms with Crippen molar-refractivity contribution in [2.24, 2.45) is 10.4 Å². The maximum Gasteiger partial charge on any atom is 0.123 e. The smallest absolute Gasteiger partial charge is 0.123 e. The lowest BCUT2D eigenvalue weighted by molar-refractivity contribution is 0.0695. The molecule has 1 heterocycles. The van der Waals surface area contributed by atoms with Crippen molar-refractivity contribution in [3.05, 3.63) is 35.1 Å². The molecular weight excluding hydrogens is 231 g/mol. The first-order valence-electron chi connectivity index (χ1n) is 6.38. The Bertz CT molecular complexity index is 557. The van der Waals surface area contributed by atoms with Crippen LogP contribution in [0.2, 0.25) is 0 Å². The molecule has 0 radical (unpaired) electrons. The number of amidine groups is 1. The van der Waals surface area contributed by atoms with E-state index >= 15 is 0 Å². The number of nitrogens with one attached hydrogen (secondary N) is 1. The molecule has 1 aliphatic heterocycles. The highest BCUT2D eigenvalue weighted by atomic mass is 19.1. The number of nitrogens with zero attached hydrogens (tertiary/aromatic N) is 1. The fourth-order valence-corrected chi connectivity index (χ4v) is 3.76. The monoisotopic (exact) mass is 246 g/mol. The molecule has 0 spiro atoms. The summed E-state index contributed by atoms with van der Waals surface area (Å²) in [5.41, 5.74) is 2.20. The molecule has 1 saturated carbocycles. The molecule has 1 N–H and O–H groups in total. The van der Waals surface area contributed by atoms with Gasteiger partial charge in [0.15, 0.2) is 0 Å². The molecule has 2 aliphatic carbocycles. The van der Waals surface area contributed by atoms with Crippen LogP contribution in [0.1, 0.15) is 29.6 Å². The lowest BCUT2D eigenvalue weighted by Crippen LogP contribution is -2.32. The van der Waals surface area contributed by atoms with E-state index in [1.165, 1.54) is 5.56 Å². The molecular formula is C14H15FN2O. The van der Waals surface area contributed by atoms with Gasteiger partial charge in [0.2, 0.25) is 0 Å². The third-order valence-corrected chi connectivity index (χ3v) is 4.53. The van der Waals surface area contributed by atoms with E-state index in [9.17, 15) is 4.39 Å². The minimum Gasteiger partial charge on any atom is -0.376 e. The fraction of sp³-hybridized carbons (Fsp3) is 0.500. The van der Waals surface area contributed by atoms with Gasteiger partial charge >= 0.3 is 0 Å². The number of fused-ring (bicyclic) bond motifs is 3. The van der Waals surface area contributed by atoms with E-state index < -0.39 is 0 Å². The normalized spacial score (nSPS) is 35.8. The van der Waals surface area contributed by atoms with Crippen LogP contribution in [-0.4, -0.2) is 26.0 Å². The average Bonchev–Trinajstić information content (AvgIpc) is 2.79. The van der Waals surface area contributed by atoms with Gasteiger partial charge in [-0.15, -0.1) is 0 Å². The Labute approximate surface area is 105 Å². The first kappa shape index (κ1) is 10.5. The number of halogens is 1. The zero-order valence-electron chi connectivity index (χ0n) is 10.2. The second-order valence-electron chi connectivity index (χ2n) is 5.34. The SMILES string of the molecule is COC1c2cc(F)ccc2C2CC21C1=NCCN1. The molecule has 0 saturated heterocycles. The van der Waals surface area contributed by atoms with Crippen molar-refractivity contribution in [2.45, 2.75) is 18.4 Å². The Morgan fingerprint density at radius 2 is 2.33 bits per heavy atom. The van der Waals surface area contributed by atoms with Crippen LogP contribution >= 0.6 is 0 Å². The van der Waals surface area contributed by atoms with Crippen molar-refractivity contribution in [1.29, 1.82) is 0 Å². The van der Waals surface area contributed by atoms with E-state index in [-0.39, 0.29) is 17.3 Å². The van der Waals surface area contributed by atoms with Crippen LogP contribution in [0.3, 0.4) is 0 Å². The van der Waals surface area contributed by atoms with Gasteiger partial charge in [-0.3, -0.25) is 4.99 Å². The van der Waals surface area contributed by atoms with Crippen molar-refractivity contribution in [1.82, 2.24) is 5.32 Å². The van der Waals surface area contributed by atoms with Crippen LogP contribution in [0.25, 0.3) is 0 Å². The largest absolute Gasteiger partial charge is 0.376 e. The zero-order chi connectivity index (χ0) is 12.3. The first-order chi connectivity index (χ1) is 8.77. The van der Waals surface area contributed by atoms with Gasteiger partial charge in [-0.25, -0.2) is 4.39 Å². The summed E-state index contributed by atoms with van der Waals surface area (Å²) in [6.07, 6.45) is 1.01. The van der Waals surface area contributed by atoms with Crippen molar-refractivity contribution >= 4 is 5.84 Å². The van der Waals surface area contributed by atoms with Crippen LogP contribution in [0.4, 0.5) is 4.39 Å². The number of ether oxygens (including phenoxy) is 1. The van der Waals surface area contributed by atoms with Gasteiger partial charge in [-0.1, -0.05) is 6.07 Å². The predicted octanol–water partition coefficient (Wildman–Crippen LogP) is 2.00. The van der Waals surface area contributed by atoms with E-state index in [4.69, 9.17) is 4.74 Å². The number of methoxy groups -OCH3 is 1. The Balaban J connectivity index is 1.83. The topological polar surface area (TPSA) is 33.6 Å². The molecule has 1 aromatic carbocycles. The van der Waals surface area contributed by atoms with Crippen LogP contribution in [0, 0.1) is 11.2 Å². The zero-order valence-corrected chi connectivity index (χ0v) is 10.2. The van der Waals surface area contributed by atoms with E-state index in [1.54, 1.807) is 19.2 Å². The van der Waals surface area contributed by atoms with Crippen molar-refractivity contribution < 1.29 is 9.13 Å². The second kappa shape index (κ2) is 3.32. The highest BCUT2D eigenvalue weighted by Gasteiger charge is 2.69. The fourth-order valence-electron chi connectivity index (χ4n) is 3.76. The molecule has 3 atom stereocenters. The minimum atomic E-state index is -0.187. The maximum atomic E-state index is 13.4. The molecule has 3 nitrogen and oxygen atoms in total. The third kappa shape index (κ3) is 1.09. The van der Waals surface area contributed by atoms with Gasteiger partial charge in [0.25, 0.3) is 0 Å². The van der Waals surface area contributed by atoms with Gasteiger partial charge in [0, 0.05) is 19.6 Å². The Hall–Kier alpha value is -1.42. The second-order valence-corrected chi connectivity index (χ2v) is 5.34. The third-order valence-electron chi connectivity index (χ3n) is 4.53. The summed E-state index contributed by atoms with van der Waals surface area (Å²) < 4.78 is 19.1. The summed E-state index contributed by atoms with van der Waals surface area (Å²) in [5, 5.41) is 3.37. The van der Waals surface area contributed by atoms with E-state index in [0.29, 0.717) is 5.92 Å². The van der Waals surface area contributed by atoms with Crippen LogP contribution < -0.4 is 5.32 Å². The molecule has 3 aliphatic rings. The summed E-state index contributed by atoms with van der Waals surface area (Å²) in [6.45, 7) is 1.75. The molecule has 1 fully saturated rings. The highest BCUT2D eigenvalue weighted by Crippen LogP contribution is 2.73. The average molecular weight is 246 g/mol. The van der Waals surface area contributed by atoms with Crippen molar-refractivity contribution in [3.8, 4) is 0 Å². The number of hydrogen-bond donors (Lipinski definition) is 1. The Morgan fingerprint density at radius 1 is 1.44 bits per heavy atom. The molecule has 0 amide bonds. The highest BCUT2D eigenvalue weighted by molar-refractivity contribution is 5.95. The minimum absolute atomic E-state index is 0.0403. The van der Waals surface area contributed by atoms with Crippen LogP contribution in [0.15, 0.2) is 23.2 Å². The first-order valence-corrected chi connectivity index (χ1v) is 6.38. The quantitative estimate of drug-likeness (QED) is 0.866. The van der Waals surface area contributed by atoms with Crippen molar-refractivity contribution in [2.75, 3.05) is 20.2 Å². The van der Waals surface area contributed by atoms with E-state index in [0.717, 1.165) is 30.9 Å². The number of benzene rings is 1. The molecule has 4 rings (SSSR count). The van der Waals surface area contributed by atoms with Gasteiger partial charge in [-0.2, -0.15) is 0 Å². The number of rotatable bonds is 2. The molecule has 4 heteroatoms. The van der Waals surface area contributed by atoms with Crippen LogP contribution in [0.5, 0.6) is 0 Å². The van der Waals surface area contributed by atoms with Crippen LogP contribution in [-0.2, 0) is 4.74 Å². The Morgan fingerprint density at radius 3 is 3.06 bits per heavy atom. The van der Waals surface area contributed by atoms with Gasteiger partial charge in [0.05, 0.1) is 18.1 Å². The standard InChI is InChI=1S/C14H15FN2O/c1-18-12-10-6-8(15)2-3-9(10)11-7-14(11,12)13-16-4-5-17-13/h2-3,6,11-12H,4-5,7H2,1H3,(H,16,17). The summed E-state index contributed by atoms with van der Waals surface area (Å²) in [7, 11) is 1.71. The van der Waals surface area contributed by atoms with E-state index in [2.05, 4.69) is 10.3 Å². The van der Waals surface area contributed by atoms with Crippen molar-refractivity contribution in [3.63, 3.8) is 0 Å². The van der Waals surface area contributed by atoms with Gasteiger partial charge < -0.3 is 10.1 Å². The maximum absolute atomic E-state index is 13.4. The molecule has 0 aromatic heterocycles. The molecule has 3 unspecified atom stereocenters. The lowest BCUT2D eigenvalue weighted by Gasteiger charge is -2.23. The summed E-state index contributed by atoms with van der Waals surface area (Å²) >= 11 is 0. The predicted molar refractivity (Wildman–Crippen MR) is 66.2 cm³/mol. The van der Waals surface area contributed by atoms with Gasteiger partial charge in [0.1, 0.15) is 11.7 Å². The molecule has 1 aromatic rings. The summed E-state index contributed by atoms with van der Waals surface area (Å²) in [4.78, 5) is 4.57. The molecule has 0 bridgehead atoms. The summed E-state index contributed by atoms with van der Waals surface area (Å²) in [5.74, 6) is 1.33. The molecule has 94 valence electrons. The number of hydrogen-bond acceptors (Lipinski definition) is 3. The van der Waals surface area contributed by atoms with Gasteiger partial charge in [-0.05, 0) is 29.7 Å².